The fourth-order valence-corrected chi connectivity index (χ4v) is 4.61. The fraction of sp³-hybridized carbons (Fsp3) is 0.433. The minimum Gasteiger partial charge on any atom is -0.359 e. The lowest BCUT2D eigenvalue weighted by Crippen LogP contribution is -2.52. The highest BCUT2D eigenvalue weighted by atomic mass is 16.2. The monoisotopic (exact) mass is 518 g/mol. The van der Waals surface area contributed by atoms with Crippen LogP contribution in [0.2, 0.25) is 0 Å². The Bertz CT molecular complexity index is 1090. The maximum Gasteiger partial charge on any atom is 0.252 e. The second-order valence-corrected chi connectivity index (χ2v) is 9.50. The molecule has 0 spiro atoms. The van der Waals surface area contributed by atoms with Gasteiger partial charge in [-0.05, 0) is 56.1 Å². The minimum absolute atomic E-state index is 0.0401. The molecule has 3 N–H and O–H groups in total. The van der Waals surface area contributed by atoms with Crippen molar-refractivity contribution in [2.24, 2.45) is 5.10 Å². The molecule has 38 heavy (non-hydrogen) atoms. The number of benzene rings is 2. The van der Waals surface area contributed by atoms with Crippen LogP contribution in [0.15, 0.2) is 71.9 Å². The molecule has 1 heterocycles. The van der Waals surface area contributed by atoms with Gasteiger partial charge in [0.15, 0.2) is 0 Å². The molecule has 2 atom stereocenters. The van der Waals surface area contributed by atoms with E-state index in [0.717, 1.165) is 49.2 Å². The lowest BCUT2D eigenvalue weighted by Gasteiger charge is -2.32. The van der Waals surface area contributed by atoms with Crippen molar-refractivity contribution in [3.05, 3.63) is 72.3 Å². The number of anilines is 2. The average molecular weight is 519 g/mol. The second-order valence-electron chi connectivity index (χ2n) is 9.50. The topological polar surface area (TPSA) is 89.1 Å². The number of para-hydroxylation sites is 1. The van der Waals surface area contributed by atoms with Crippen LogP contribution in [0.5, 0.6) is 0 Å². The number of hydrogen-bond acceptors (Lipinski definition) is 6. The van der Waals surface area contributed by atoms with E-state index >= 15 is 0 Å². The number of carbonyl (C=O) groups excluding carboxylic acids is 2. The van der Waals surface area contributed by atoms with Crippen molar-refractivity contribution in [1.82, 2.24) is 16.0 Å². The molecule has 2 aromatic rings. The van der Waals surface area contributed by atoms with E-state index in [4.69, 9.17) is 0 Å². The van der Waals surface area contributed by atoms with Crippen molar-refractivity contribution in [3.8, 4) is 0 Å². The Kier molecular flexibility index (Phi) is 11.4. The molecule has 0 radical (unpaired) electrons. The van der Waals surface area contributed by atoms with Crippen molar-refractivity contribution in [1.29, 1.82) is 0 Å². The van der Waals surface area contributed by atoms with Crippen LogP contribution in [-0.2, 0) is 9.59 Å². The Labute approximate surface area is 227 Å². The van der Waals surface area contributed by atoms with E-state index in [1.54, 1.807) is 5.01 Å². The zero-order chi connectivity index (χ0) is 27.3. The molecule has 1 aliphatic rings. The van der Waals surface area contributed by atoms with Crippen molar-refractivity contribution in [2.75, 3.05) is 43.1 Å². The highest BCUT2D eigenvalue weighted by Crippen LogP contribution is 2.26. The number of hydrogen-bond donors (Lipinski definition) is 3. The highest BCUT2D eigenvalue weighted by Gasteiger charge is 2.26. The van der Waals surface area contributed by atoms with Gasteiger partial charge in [0.25, 0.3) is 5.91 Å². The molecule has 1 aliphatic heterocycles. The van der Waals surface area contributed by atoms with Gasteiger partial charge < -0.3 is 20.9 Å². The van der Waals surface area contributed by atoms with Crippen LogP contribution in [-0.4, -0.2) is 57.3 Å². The third-order valence-corrected chi connectivity index (χ3v) is 6.79. The summed E-state index contributed by atoms with van der Waals surface area (Å²) >= 11 is 0. The van der Waals surface area contributed by atoms with E-state index in [0.29, 0.717) is 25.2 Å². The van der Waals surface area contributed by atoms with Gasteiger partial charge >= 0.3 is 0 Å². The molecule has 0 saturated carbocycles. The van der Waals surface area contributed by atoms with Crippen LogP contribution in [0.25, 0.3) is 0 Å². The van der Waals surface area contributed by atoms with Gasteiger partial charge in [-0.1, -0.05) is 56.7 Å². The summed E-state index contributed by atoms with van der Waals surface area (Å²) in [5.41, 5.74) is 3.20. The summed E-state index contributed by atoms with van der Waals surface area (Å²) in [6.07, 6.45) is 5.09. The van der Waals surface area contributed by atoms with Crippen molar-refractivity contribution in [2.45, 2.75) is 51.6 Å². The Morgan fingerprint density at radius 2 is 1.95 bits per heavy atom. The van der Waals surface area contributed by atoms with Gasteiger partial charge in [-0.15, -0.1) is 0 Å². The molecule has 8 heteroatoms. The van der Waals surface area contributed by atoms with Crippen LogP contribution < -0.4 is 25.9 Å². The normalized spacial score (nSPS) is 18.6. The van der Waals surface area contributed by atoms with E-state index in [1.807, 2.05) is 62.5 Å². The zero-order valence-electron chi connectivity index (χ0n) is 23.0. The maximum absolute atomic E-state index is 13.1. The number of nitrogens with zero attached hydrogens (tertiary/aromatic N) is 3. The standard InChI is InChI=1S/C30H42N6O2/c1-5-31-22-28-30(38)32-19-12-8-11-18-27(24-14-13-17-26(20-24)36(28)6-2)34-29(37)23(3)21-33-35(4)25-15-9-7-10-16-25/h7,9-10,13-17,20-21,27-28,31H,3,5-6,8,11-12,18-19,22H2,1-2,4H3,(H,32,38)(H,34,37)/b33-21-. The first-order valence-corrected chi connectivity index (χ1v) is 13.6. The number of hydrazone groups is 1. The van der Waals surface area contributed by atoms with Gasteiger partial charge in [0.05, 0.1) is 23.5 Å². The van der Waals surface area contributed by atoms with Crippen molar-refractivity contribution >= 4 is 29.4 Å². The zero-order valence-corrected chi connectivity index (χ0v) is 23.0. The number of rotatable bonds is 9. The molecule has 2 bridgehead atoms. The number of likely N-dealkylation sites (N-methyl/N-ethyl adjacent to an activating group) is 2. The van der Waals surface area contributed by atoms with Gasteiger partial charge in [-0.3, -0.25) is 14.6 Å². The molecule has 0 saturated heterocycles. The van der Waals surface area contributed by atoms with Crippen LogP contribution >= 0.6 is 0 Å². The molecular formula is C30H42N6O2. The van der Waals surface area contributed by atoms with E-state index < -0.39 is 0 Å². The van der Waals surface area contributed by atoms with Gasteiger partial charge in [-0.2, -0.15) is 5.10 Å². The van der Waals surface area contributed by atoms with E-state index in [2.05, 4.69) is 45.5 Å². The molecule has 0 fully saturated rings. The summed E-state index contributed by atoms with van der Waals surface area (Å²) < 4.78 is 0. The summed E-state index contributed by atoms with van der Waals surface area (Å²) in [4.78, 5) is 28.3. The first kappa shape index (κ1) is 28.9. The number of fused-ring (bicyclic) bond motifs is 2. The largest absolute Gasteiger partial charge is 0.359 e. The van der Waals surface area contributed by atoms with Gasteiger partial charge in [0, 0.05) is 32.4 Å². The summed E-state index contributed by atoms with van der Waals surface area (Å²) in [6.45, 7) is 10.8. The molecule has 2 amide bonds. The van der Waals surface area contributed by atoms with E-state index in [1.165, 1.54) is 6.21 Å². The first-order valence-electron chi connectivity index (χ1n) is 13.6. The predicted octanol–water partition coefficient (Wildman–Crippen LogP) is 4.02. The molecule has 3 rings (SSSR count). The van der Waals surface area contributed by atoms with Crippen LogP contribution in [0.4, 0.5) is 11.4 Å². The Balaban J connectivity index is 1.80. The minimum atomic E-state index is -0.318. The third kappa shape index (κ3) is 8.18. The van der Waals surface area contributed by atoms with Gasteiger partial charge in [0.2, 0.25) is 5.91 Å². The van der Waals surface area contributed by atoms with E-state index in [9.17, 15) is 9.59 Å². The molecule has 2 unspecified atom stereocenters. The molecule has 0 aromatic heterocycles. The molecule has 204 valence electrons. The second kappa shape index (κ2) is 14.9. The quantitative estimate of drug-likeness (QED) is 0.265. The smallest absolute Gasteiger partial charge is 0.252 e. The average Bonchev–Trinajstić information content (AvgIpc) is 2.95. The van der Waals surface area contributed by atoms with E-state index in [-0.39, 0.29) is 23.9 Å². The predicted molar refractivity (Wildman–Crippen MR) is 157 cm³/mol. The molecule has 0 aliphatic carbocycles. The maximum atomic E-state index is 13.1. The Morgan fingerprint density at radius 3 is 2.68 bits per heavy atom. The lowest BCUT2D eigenvalue weighted by molar-refractivity contribution is -0.122. The molecule has 2 aromatic carbocycles. The van der Waals surface area contributed by atoms with Crippen LogP contribution in [0.1, 0.15) is 51.1 Å². The number of amides is 2. The van der Waals surface area contributed by atoms with Crippen molar-refractivity contribution < 1.29 is 9.59 Å². The van der Waals surface area contributed by atoms with Gasteiger partial charge in [0.1, 0.15) is 6.04 Å². The summed E-state index contributed by atoms with van der Waals surface area (Å²) in [6, 6.07) is 17.4. The first-order chi connectivity index (χ1) is 18.4. The summed E-state index contributed by atoms with van der Waals surface area (Å²) in [7, 11) is 1.83. The van der Waals surface area contributed by atoms with Gasteiger partial charge in [-0.25, -0.2) is 0 Å². The highest BCUT2D eigenvalue weighted by molar-refractivity contribution is 6.11. The Morgan fingerprint density at radius 1 is 1.16 bits per heavy atom. The summed E-state index contributed by atoms with van der Waals surface area (Å²) in [5, 5.41) is 15.7. The lowest BCUT2D eigenvalue weighted by atomic mass is 9.99. The molecular weight excluding hydrogens is 476 g/mol. The number of nitrogens with one attached hydrogen (secondary N) is 3. The SMILES string of the molecule is C=C(/C=N\N(C)c1ccccc1)C(=O)NC1CCCCCNC(=O)C(CNCC)N(CC)c2cccc1c2. The fourth-order valence-electron chi connectivity index (χ4n) is 4.61. The number of carbonyl (C=O) groups is 2. The van der Waals surface area contributed by atoms with Crippen molar-refractivity contribution in [3.63, 3.8) is 0 Å². The Hall–Kier alpha value is -3.65. The molecule has 8 nitrogen and oxygen atoms in total. The summed E-state index contributed by atoms with van der Waals surface area (Å²) in [5.74, 6) is -0.206. The van der Waals surface area contributed by atoms with Crippen LogP contribution in [0, 0.1) is 0 Å². The van der Waals surface area contributed by atoms with Crippen LogP contribution in [0.3, 0.4) is 0 Å². The third-order valence-electron chi connectivity index (χ3n) is 6.79.